The summed E-state index contributed by atoms with van der Waals surface area (Å²) in [5.74, 6) is -0.817. The molecule has 0 aliphatic carbocycles. The molecule has 0 aliphatic heterocycles. The number of hydrogen-bond donors (Lipinski definition) is 1. The Morgan fingerprint density at radius 2 is 1.71 bits per heavy atom. The molecule has 0 aliphatic rings. The molecule has 0 saturated carbocycles. The van der Waals surface area contributed by atoms with Crippen molar-refractivity contribution in [3.63, 3.8) is 0 Å². The molecule has 2 amide bonds. The molecule has 0 saturated heterocycles. The van der Waals surface area contributed by atoms with E-state index in [4.69, 9.17) is 11.6 Å². The zero-order chi connectivity index (χ0) is 25.6. The van der Waals surface area contributed by atoms with Crippen LogP contribution in [0, 0.1) is 13.8 Å². The van der Waals surface area contributed by atoms with E-state index in [1.807, 2.05) is 33.8 Å². The van der Waals surface area contributed by atoms with Crippen LogP contribution in [0.1, 0.15) is 43.9 Å². The first-order valence-corrected chi connectivity index (χ1v) is 13.5. The molecule has 0 heterocycles. The number of anilines is 1. The van der Waals surface area contributed by atoms with Crippen molar-refractivity contribution in [1.82, 2.24) is 10.2 Å². The minimum Gasteiger partial charge on any atom is -0.352 e. The van der Waals surface area contributed by atoms with E-state index in [9.17, 15) is 18.0 Å². The van der Waals surface area contributed by atoms with Gasteiger partial charge >= 0.3 is 0 Å². The molecule has 0 bridgehead atoms. The zero-order valence-corrected chi connectivity index (χ0v) is 22.2. The molecule has 0 radical (unpaired) electrons. The van der Waals surface area contributed by atoms with Crippen molar-refractivity contribution in [3.05, 3.63) is 64.2 Å². The van der Waals surface area contributed by atoms with Crippen LogP contribution in [0.5, 0.6) is 0 Å². The molecule has 7 nitrogen and oxygen atoms in total. The van der Waals surface area contributed by atoms with Crippen molar-refractivity contribution in [1.29, 1.82) is 0 Å². The topological polar surface area (TPSA) is 86.8 Å². The summed E-state index contributed by atoms with van der Waals surface area (Å²) in [4.78, 5) is 27.8. The molecule has 186 valence electrons. The van der Waals surface area contributed by atoms with Crippen molar-refractivity contribution >= 4 is 39.1 Å². The van der Waals surface area contributed by atoms with Gasteiger partial charge in [0.15, 0.2) is 0 Å². The predicted octanol–water partition coefficient (Wildman–Crippen LogP) is 4.05. The Bertz CT molecular complexity index is 1140. The average Bonchev–Trinajstić information content (AvgIpc) is 2.77. The first-order valence-electron chi connectivity index (χ1n) is 11.2. The maximum Gasteiger partial charge on any atom is 0.244 e. The van der Waals surface area contributed by atoms with Crippen LogP contribution in [0.2, 0.25) is 5.02 Å². The lowest BCUT2D eigenvalue weighted by molar-refractivity contribution is -0.139. The summed E-state index contributed by atoms with van der Waals surface area (Å²) >= 11 is 6.33. The van der Waals surface area contributed by atoms with Gasteiger partial charge in [-0.3, -0.25) is 13.9 Å². The van der Waals surface area contributed by atoms with Crippen LogP contribution in [-0.4, -0.2) is 50.0 Å². The molecule has 0 unspecified atom stereocenters. The number of nitrogens with one attached hydrogen (secondary N) is 1. The maximum atomic E-state index is 13.5. The number of aryl methyl sites for hydroxylation is 2. The van der Waals surface area contributed by atoms with Gasteiger partial charge in [0, 0.05) is 17.6 Å². The largest absolute Gasteiger partial charge is 0.352 e. The van der Waals surface area contributed by atoms with E-state index in [1.165, 1.54) is 4.90 Å². The summed E-state index contributed by atoms with van der Waals surface area (Å²) < 4.78 is 26.4. The van der Waals surface area contributed by atoms with Gasteiger partial charge in [0.1, 0.15) is 12.6 Å². The third-order valence-electron chi connectivity index (χ3n) is 5.92. The Morgan fingerprint density at radius 3 is 2.26 bits per heavy atom. The van der Waals surface area contributed by atoms with E-state index in [-0.39, 0.29) is 18.5 Å². The molecular formula is C25H34ClN3O4S. The Kier molecular flexibility index (Phi) is 9.53. The number of hydrogen-bond acceptors (Lipinski definition) is 4. The van der Waals surface area contributed by atoms with Gasteiger partial charge in [0.2, 0.25) is 21.8 Å². The van der Waals surface area contributed by atoms with E-state index in [0.717, 1.165) is 28.1 Å². The van der Waals surface area contributed by atoms with Crippen molar-refractivity contribution in [2.45, 2.75) is 59.7 Å². The van der Waals surface area contributed by atoms with E-state index >= 15 is 0 Å². The summed E-state index contributed by atoms with van der Waals surface area (Å²) in [6, 6.07) is 11.4. The Hall–Kier alpha value is -2.58. The van der Waals surface area contributed by atoms with E-state index in [1.54, 1.807) is 43.3 Å². The number of sulfonamides is 1. The first kappa shape index (κ1) is 27.7. The predicted molar refractivity (Wildman–Crippen MR) is 137 cm³/mol. The number of carbonyl (C=O) groups is 2. The second kappa shape index (κ2) is 11.7. The molecule has 2 aromatic rings. The summed E-state index contributed by atoms with van der Waals surface area (Å²) in [5.41, 5.74) is 2.98. The molecule has 2 atom stereocenters. The summed E-state index contributed by atoms with van der Waals surface area (Å²) in [5, 5.41) is 3.36. The van der Waals surface area contributed by atoms with Gasteiger partial charge < -0.3 is 10.2 Å². The van der Waals surface area contributed by atoms with Gasteiger partial charge in [0.25, 0.3) is 0 Å². The highest BCUT2D eigenvalue weighted by molar-refractivity contribution is 7.92. The summed E-state index contributed by atoms with van der Waals surface area (Å²) in [6.07, 6.45) is 1.80. The van der Waals surface area contributed by atoms with Gasteiger partial charge in [-0.25, -0.2) is 8.42 Å². The van der Waals surface area contributed by atoms with E-state index in [0.29, 0.717) is 16.3 Å². The fourth-order valence-corrected chi connectivity index (χ4v) is 4.39. The molecule has 0 spiro atoms. The second-order valence-corrected chi connectivity index (χ2v) is 11.0. The van der Waals surface area contributed by atoms with Crippen LogP contribution in [0.4, 0.5) is 5.69 Å². The lowest BCUT2D eigenvalue weighted by atomic mass is 10.1. The normalized spacial score (nSPS) is 13.1. The molecule has 2 rings (SSSR count). The van der Waals surface area contributed by atoms with Crippen LogP contribution < -0.4 is 9.62 Å². The quantitative estimate of drug-likeness (QED) is 0.525. The minimum atomic E-state index is -3.77. The third-order valence-corrected chi connectivity index (χ3v) is 7.43. The number of rotatable bonds is 10. The van der Waals surface area contributed by atoms with Crippen LogP contribution in [-0.2, 0) is 26.2 Å². The highest BCUT2D eigenvalue weighted by Gasteiger charge is 2.30. The average molecular weight is 508 g/mol. The Morgan fingerprint density at radius 1 is 1.06 bits per heavy atom. The smallest absolute Gasteiger partial charge is 0.244 e. The number of amides is 2. The molecule has 34 heavy (non-hydrogen) atoms. The monoisotopic (exact) mass is 507 g/mol. The number of halogens is 1. The summed E-state index contributed by atoms with van der Waals surface area (Å²) in [6.45, 7) is 8.91. The number of nitrogens with zero attached hydrogens (tertiary/aromatic N) is 2. The Labute approximate surface area is 208 Å². The molecule has 2 aromatic carbocycles. The molecule has 9 heteroatoms. The van der Waals surface area contributed by atoms with Crippen molar-refractivity contribution in [2.24, 2.45) is 0 Å². The van der Waals surface area contributed by atoms with Gasteiger partial charge in [-0.15, -0.1) is 0 Å². The number of benzene rings is 2. The van der Waals surface area contributed by atoms with Crippen molar-refractivity contribution in [3.8, 4) is 0 Å². The van der Waals surface area contributed by atoms with Gasteiger partial charge in [-0.1, -0.05) is 42.8 Å². The molecule has 0 aromatic heterocycles. The highest BCUT2D eigenvalue weighted by atomic mass is 35.5. The molecular weight excluding hydrogens is 474 g/mol. The van der Waals surface area contributed by atoms with Gasteiger partial charge in [-0.2, -0.15) is 0 Å². The van der Waals surface area contributed by atoms with Crippen LogP contribution in [0.15, 0.2) is 42.5 Å². The lowest BCUT2D eigenvalue weighted by Crippen LogP contribution is -2.52. The highest BCUT2D eigenvalue weighted by Crippen LogP contribution is 2.23. The second-order valence-electron chi connectivity index (χ2n) is 8.65. The fourth-order valence-electron chi connectivity index (χ4n) is 3.35. The fraction of sp³-hybridized carbons (Fsp3) is 0.440. The van der Waals surface area contributed by atoms with E-state index < -0.39 is 28.5 Å². The van der Waals surface area contributed by atoms with Crippen LogP contribution in [0.3, 0.4) is 0 Å². The molecule has 1 N–H and O–H groups in total. The Balaban J connectivity index is 2.42. The first-order chi connectivity index (χ1) is 15.8. The lowest BCUT2D eigenvalue weighted by Gasteiger charge is -2.32. The zero-order valence-electron chi connectivity index (χ0n) is 20.6. The third kappa shape index (κ3) is 7.21. The van der Waals surface area contributed by atoms with Crippen LogP contribution in [0.25, 0.3) is 0 Å². The summed E-state index contributed by atoms with van der Waals surface area (Å²) in [7, 11) is -3.77. The SMILES string of the molecule is CC[C@@H](C)NC(=O)[C@@H](C)N(Cc1ccccc1Cl)C(=O)CN(c1ccc(C)c(C)c1)S(C)(=O)=O. The molecule has 0 fully saturated rings. The maximum absolute atomic E-state index is 13.5. The van der Waals surface area contributed by atoms with E-state index in [2.05, 4.69) is 5.32 Å². The van der Waals surface area contributed by atoms with Crippen molar-refractivity contribution in [2.75, 3.05) is 17.1 Å². The standard InChI is InChI=1S/C25H34ClN3O4S/c1-7-19(4)27-25(31)20(5)28(15-21-10-8-9-11-23(21)26)24(30)16-29(34(6,32)33)22-13-12-17(2)18(3)14-22/h8-14,19-20H,7,15-16H2,1-6H3,(H,27,31)/t19-,20-/m1/s1. The van der Waals surface area contributed by atoms with Gasteiger partial charge in [-0.05, 0) is 69.0 Å². The van der Waals surface area contributed by atoms with Crippen LogP contribution >= 0.6 is 11.6 Å². The van der Waals surface area contributed by atoms with Gasteiger partial charge in [0.05, 0.1) is 11.9 Å². The van der Waals surface area contributed by atoms with Crippen molar-refractivity contribution < 1.29 is 18.0 Å². The number of carbonyl (C=O) groups excluding carboxylic acids is 2. The minimum absolute atomic E-state index is 0.0599.